The van der Waals surface area contributed by atoms with E-state index in [9.17, 15) is 14.5 Å². The van der Waals surface area contributed by atoms with Gasteiger partial charge in [-0.3, -0.25) is 10.1 Å². The van der Waals surface area contributed by atoms with Crippen LogP contribution in [-0.4, -0.2) is 4.92 Å². The maximum atomic E-state index is 13.0. The number of rotatable bonds is 3. The normalized spacial score (nSPS) is 9.85. The van der Waals surface area contributed by atoms with E-state index in [1.165, 1.54) is 30.3 Å². The summed E-state index contributed by atoms with van der Waals surface area (Å²) in [4.78, 5) is 10.1. The zero-order chi connectivity index (χ0) is 14.7. The van der Waals surface area contributed by atoms with Gasteiger partial charge >= 0.3 is 0 Å². The average Bonchev–Trinajstić information content (AvgIpc) is 2.42. The van der Waals surface area contributed by atoms with Crippen molar-refractivity contribution in [2.24, 2.45) is 0 Å². The third-order valence-corrected chi connectivity index (χ3v) is 2.79. The molecule has 6 heteroatoms. The number of nitrogens with zero attached hydrogens (tertiary/aromatic N) is 2. The average molecular weight is 271 g/mol. The van der Waals surface area contributed by atoms with E-state index in [-0.39, 0.29) is 17.1 Å². The Balaban J connectivity index is 2.39. The smallest absolute Gasteiger partial charge is 0.270 e. The zero-order valence-electron chi connectivity index (χ0n) is 10.6. The van der Waals surface area contributed by atoms with E-state index in [0.29, 0.717) is 16.9 Å². The van der Waals surface area contributed by atoms with Crippen molar-refractivity contribution < 1.29 is 9.31 Å². The van der Waals surface area contributed by atoms with Gasteiger partial charge in [0.05, 0.1) is 16.2 Å². The lowest BCUT2D eigenvalue weighted by atomic mass is 10.1. The van der Waals surface area contributed by atoms with Crippen molar-refractivity contribution in [2.45, 2.75) is 6.92 Å². The molecule has 0 spiro atoms. The van der Waals surface area contributed by atoms with Gasteiger partial charge in [0, 0.05) is 17.8 Å². The van der Waals surface area contributed by atoms with E-state index in [4.69, 9.17) is 5.26 Å². The molecule has 0 aliphatic carbocycles. The monoisotopic (exact) mass is 271 g/mol. The Hall–Kier alpha value is -2.94. The summed E-state index contributed by atoms with van der Waals surface area (Å²) in [5, 5.41) is 22.7. The molecule has 0 radical (unpaired) electrons. The van der Waals surface area contributed by atoms with E-state index in [1.54, 1.807) is 13.0 Å². The SMILES string of the molecule is Cc1cc(F)ccc1Nc1ccc([N+](=O)[O-])cc1C#N. The summed E-state index contributed by atoms with van der Waals surface area (Å²) >= 11 is 0. The standard InChI is InChI=1S/C14H10FN3O2/c1-9-6-11(15)2-4-13(9)17-14-5-3-12(18(19)20)7-10(14)8-16/h2-7,17H,1H3. The lowest BCUT2D eigenvalue weighted by Crippen LogP contribution is -1.97. The summed E-state index contributed by atoms with van der Waals surface area (Å²) in [5.74, 6) is -0.350. The van der Waals surface area contributed by atoms with Crippen molar-refractivity contribution in [3.63, 3.8) is 0 Å². The molecule has 0 aromatic heterocycles. The predicted molar refractivity (Wildman–Crippen MR) is 72.2 cm³/mol. The number of aryl methyl sites for hydroxylation is 1. The quantitative estimate of drug-likeness (QED) is 0.682. The summed E-state index contributed by atoms with van der Waals surface area (Å²) < 4.78 is 13.0. The number of benzene rings is 2. The number of nitriles is 1. The zero-order valence-corrected chi connectivity index (χ0v) is 10.6. The van der Waals surface area contributed by atoms with Crippen molar-refractivity contribution >= 4 is 17.1 Å². The Kier molecular flexibility index (Phi) is 3.62. The largest absolute Gasteiger partial charge is 0.354 e. The predicted octanol–water partition coefficient (Wildman–Crippen LogP) is 3.66. The van der Waals surface area contributed by atoms with Gasteiger partial charge in [-0.15, -0.1) is 0 Å². The van der Waals surface area contributed by atoms with Crippen molar-refractivity contribution in [1.82, 2.24) is 0 Å². The van der Waals surface area contributed by atoms with Crippen LogP contribution in [0, 0.1) is 34.2 Å². The second-order valence-corrected chi connectivity index (χ2v) is 4.18. The fourth-order valence-corrected chi connectivity index (χ4v) is 1.76. The minimum Gasteiger partial charge on any atom is -0.354 e. The maximum Gasteiger partial charge on any atom is 0.270 e. The fourth-order valence-electron chi connectivity index (χ4n) is 1.76. The third kappa shape index (κ3) is 2.72. The summed E-state index contributed by atoms with van der Waals surface area (Å²) in [6.45, 7) is 1.73. The summed E-state index contributed by atoms with van der Waals surface area (Å²) in [5.41, 5.74) is 1.75. The molecule has 0 atom stereocenters. The van der Waals surface area contributed by atoms with Gasteiger partial charge in [-0.1, -0.05) is 0 Å². The number of nitro groups is 1. The molecule has 0 saturated heterocycles. The van der Waals surface area contributed by atoms with Crippen molar-refractivity contribution in [3.05, 3.63) is 63.5 Å². The molecule has 100 valence electrons. The molecule has 0 bridgehead atoms. The minimum atomic E-state index is -0.562. The molecular weight excluding hydrogens is 261 g/mol. The van der Waals surface area contributed by atoms with Crippen LogP contribution >= 0.6 is 0 Å². The second-order valence-electron chi connectivity index (χ2n) is 4.18. The third-order valence-electron chi connectivity index (χ3n) is 2.79. The number of halogens is 1. The van der Waals surface area contributed by atoms with Crippen LogP contribution in [0.3, 0.4) is 0 Å². The highest BCUT2D eigenvalue weighted by atomic mass is 19.1. The first kappa shape index (κ1) is 13.5. The molecule has 0 fully saturated rings. The van der Waals surface area contributed by atoms with Crippen LogP contribution < -0.4 is 5.32 Å². The first-order chi connectivity index (χ1) is 9.51. The minimum absolute atomic E-state index is 0.150. The number of non-ortho nitro benzene ring substituents is 1. The molecule has 0 amide bonds. The Morgan fingerprint density at radius 3 is 2.55 bits per heavy atom. The van der Waals surface area contributed by atoms with Gasteiger partial charge in [-0.2, -0.15) is 5.26 Å². The Bertz CT molecular complexity index is 723. The summed E-state index contributed by atoms with van der Waals surface area (Å²) in [6.07, 6.45) is 0. The van der Waals surface area contributed by atoms with Crippen LogP contribution in [0.15, 0.2) is 36.4 Å². The van der Waals surface area contributed by atoms with Crippen molar-refractivity contribution in [3.8, 4) is 6.07 Å². The van der Waals surface area contributed by atoms with Crippen LogP contribution in [-0.2, 0) is 0 Å². The molecule has 2 aromatic rings. The number of hydrogen-bond donors (Lipinski definition) is 1. The lowest BCUT2D eigenvalue weighted by Gasteiger charge is -2.10. The van der Waals surface area contributed by atoms with Gasteiger partial charge < -0.3 is 5.32 Å². The molecular formula is C14H10FN3O2. The maximum absolute atomic E-state index is 13.0. The van der Waals surface area contributed by atoms with Crippen LogP contribution in [0.4, 0.5) is 21.5 Å². The molecule has 5 nitrogen and oxygen atoms in total. The number of nitro benzene ring substituents is 1. The highest BCUT2D eigenvalue weighted by molar-refractivity contribution is 5.70. The molecule has 0 aliphatic rings. The van der Waals surface area contributed by atoms with Gasteiger partial charge in [0.25, 0.3) is 5.69 Å². The Morgan fingerprint density at radius 2 is 1.95 bits per heavy atom. The van der Waals surface area contributed by atoms with Crippen LogP contribution in [0.5, 0.6) is 0 Å². The second kappa shape index (κ2) is 5.36. The molecule has 2 rings (SSSR count). The first-order valence-corrected chi connectivity index (χ1v) is 5.73. The van der Waals surface area contributed by atoms with E-state index in [1.807, 2.05) is 6.07 Å². The number of nitrogens with one attached hydrogen (secondary N) is 1. The van der Waals surface area contributed by atoms with Gasteiger partial charge in [0.1, 0.15) is 11.9 Å². The van der Waals surface area contributed by atoms with E-state index in [2.05, 4.69) is 5.32 Å². The molecule has 0 heterocycles. The van der Waals surface area contributed by atoms with Gasteiger partial charge in [0.2, 0.25) is 0 Å². The van der Waals surface area contributed by atoms with Crippen LogP contribution in [0.25, 0.3) is 0 Å². The number of anilines is 2. The van der Waals surface area contributed by atoms with Gasteiger partial charge in [-0.25, -0.2) is 4.39 Å². The van der Waals surface area contributed by atoms with E-state index < -0.39 is 4.92 Å². The lowest BCUT2D eigenvalue weighted by molar-refractivity contribution is -0.384. The van der Waals surface area contributed by atoms with E-state index in [0.717, 1.165) is 0 Å². The first-order valence-electron chi connectivity index (χ1n) is 5.73. The molecule has 20 heavy (non-hydrogen) atoms. The molecule has 2 aromatic carbocycles. The van der Waals surface area contributed by atoms with Crippen LogP contribution in [0.1, 0.15) is 11.1 Å². The highest BCUT2D eigenvalue weighted by Gasteiger charge is 2.11. The summed E-state index contributed by atoms with van der Waals surface area (Å²) in [7, 11) is 0. The molecule has 1 N–H and O–H groups in total. The summed E-state index contributed by atoms with van der Waals surface area (Å²) in [6, 6.07) is 10.1. The molecule has 0 saturated carbocycles. The molecule has 0 unspecified atom stereocenters. The number of hydrogen-bond acceptors (Lipinski definition) is 4. The Labute approximate surface area is 114 Å². The van der Waals surface area contributed by atoms with Gasteiger partial charge in [-0.05, 0) is 36.8 Å². The fraction of sp³-hybridized carbons (Fsp3) is 0.0714. The molecule has 0 aliphatic heterocycles. The highest BCUT2D eigenvalue weighted by Crippen LogP contribution is 2.26. The topological polar surface area (TPSA) is 79.0 Å². The van der Waals surface area contributed by atoms with Crippen molar-refractivity contribution in [2.75, 3.05) is 5.32 Å². The van der Waals surface area contributed by atoms with Gasteiger partial charge in [0.15, 0.2) is 0 Å². The van der Waals surface area contributed by atoms with Crippen molar-refractivity contribution in [1.29, 1.82) is 5.26 Å². The van der Waals surface area contributed by atoms with E-state index >= 15 is 0 Å². The Morgan fingerprint density at radius 1 is 1.25 bits per heavy atom. The van der Waals surface area contributed by atoms with Crippen LogP contribution in [0.2, 0.25) is 0 Å².